The van der Waals surface area contributed by atoms with E-state index in [0.717, 1.165) is 5.69 Å². The van der Waals surface area contributed by atoms with Crippen LogP contribution >= 0.6 is 0 Å². The predicted octanol–water partition coefficient (Wildman–Crippen LogP) is 3.97. The topological polar surface area (TPSA) is 52.8 Å². The molecular weight excluding hydrogens is 321 g/mol. The van der Waals surface area contributed by atoms with Gasteiger partial charge in [-0.1, -0.05) is 25.1 Å². The largest absolute Gasteiger partial charge is 0.573 e. The molecule has 3 rings (SSSR count). The van der Waals surface area contributed by atoms with E-state index < -0.39 is 6.36 Å². The Balaban J connectivity index is 1.98. The third-order valence-electron chi connectivity index (χ3n) is 3.58. The lowest BCUT2D eigenvalue weighted by Crippen LogP contribution is -2.19. The van der Waals surface area contributed by atoms with Crippen LogP contribution < -0.4 is 4.74 Å². The van der Waals surface area contributed by atoms with E-state index in [-0.39, 0.29) is 17.7 Å². The molecule has 0 radical (unpaired) electrons. The van der Waals surface area contributed by atoms with Crippen molar-refractivity contribution < 1.29 is 17.9 Å². The van der Waals surface area contributed by atoms with Gasteiger partial charge in [0.2, 0.25) is 0 Å². The molecule has 0 saturated carbocycles. The van der Waals surface area contributed by atoms with E-state index in [1.54, 1.807) is 29.2 Å². The zero-order valence-electron chi connectivity index (χ0n) is 13.0. The number of halogens is 3. The fraction of sp³-hybridized carbons (Fsp3) is 0.312. The highest BCUT2D eigenvalue weighted by Crippen LogP contribution is 2.29. The Labute approximate surface area is 136 Å². The Kier molecular flexibility index (Phi) is 4.13. The molecule has 0 aliphatic heterocycles. The molecule has 0 spiro atoms. The SMILES string of the molecule is CC(C)C(c1ccc2cc(OC(F)(F)F)ccc2n1)n1ccnn1. The van der Waals surface area contributed by atoms with Crippen molar-refractivity contribution in [2.45, 2.75) is 26.3 Å². The highest BCUT2D eigenvalue weighted by atomic mass is 19.4. The zero-order chi connectivity index (χ0) is 17.3. The Morgan fingerprint density at radius 3 is 2.54 bits per heavy atom. The van der Waals surface area contributed by atoms with E-state index in [4.69, 9.17) is 0 Å². The molecule has 8 heteroatoms. The maximum Gasteiger partial charge on any atom is 0.573 e. The molecule has 24 heavy (non-hydrogen) atoms. The number of hydrogen-bond acceptors (Lipinski definition) is 4. The van der Waals surface area contributed by atoms with E-state index in [2.05, 4.69) is 20.0 Å². The number of fused-ring (bicyclic) bond motifs is 1. The van der Waals surface area contributed by atoms with Gasteiger partial charge in [-0.05, 0) is 30.2 Å². The lowest BCUT2D eigenvalue weighted by atomic mass is 10.00. The van der Waals surface area contributed by atoms with Crippen molar-refractivity contribution in [1.29, 1.82) is 0 Å². The summed E-state index contributed by atoms with van der Waals surface area (Å²) in [6.07, 6.45) is -1.36. The van der Waals surface area contributed by atoms with Gasteiger partial charge in [0.15, 0.2) is 0 Å². The molecule has 1 unspecified atom stereocenters. The first kappa shape index (κ1) is 16.2. The fourth-order valence-corrected chi connectivity index (χ4v) is 2.63. The van der Waals surface area contributed by atoms with Gasteiger partial charge < -0.3 is 4.74 Å². The summed E-state index contributed by atoms with van der Waals surface area (Å²) in [5.74, 6) is -0.0503. The maximum absolute atomic E-state index is 12.3. The van der Waals surface area contributed by atoms with Crippen LogP contribution in [-0.4, -0.2) is 26.3 Å². The highest BCUT2D eigenvalue weighted by molar-refractivity contribution is 5.80. The van der Waals surface area contributed by atoms with E-state index in [1.165, 1.54) is 18.2 Å². The Morgan fingerprint density at radius 2 is 1.92 bits per heavy atom. The van der Waals surface area contributed by atoms with Gasteiger partial charge in [0.25, 0.3) is 0 Å². The molecule has 0 fully saturated rings. The smallest absolute Gasteiger partial charge is 0.406 e. The van der Waals surface area contributed by atoms with E-state index in [1.807, 2.05) is 13.8 Å². The van der Waals surface area contributed by atoms with Crippen LogP contribution in [0.1, 0.15) is 25.6 Å². The second-order valence-electron chi connectivity index (χ2n) is 5.71. The minimum atomic E-state index is -4.71. The van der Waals surface area contributed by atoms with Gasteiger partial charge in [0.1, 0.15) is 5.75 Å². The van der Waals surface area contributed by atoms with Crippen molar-refractivity contribution in [2.24, 2.45) is 5.92 Å². The Bertz CT molecular complexity index is 831. The molecule has 0 aliphatic rings. The first-order chi connectivity index (χ1) is 11.3. The summed E-state index contributed by atoms with van der Waals surface area (Å²) in [5, 5.41) is 8.42. The van der Waals surface area contributed by atoms with Crippen LogP contribution in [0.5, 0.6) is 5.75 Å². The summed E-state index contributed by atoms with van der Waals surface area (Å²) in [4.78, 5) is 4.56. The number of aromatic nitrogens is 4. The molecule has 0 aliphatic carbocycles. The van der Waals surface area contributed by atoms with Gasteiger partial charge >= 0.3 is 6.36 Å². The average molecular weight is 336 g/mol. The molecule has 0 bridgehead atoms. The molecule has 0 N–H and O–H groups in total. The summed E-state index contributed by atoms with van der Waals surface area (Å²) in [5.41, 5.74) is 1.36. The minimum absolute atomic E-state index is 0.108. The van der Waals surface area contributed by atoms with Gasteiger partial charge in [-0.2, -0.15) is 0 Å². The van der Waals surface area contributed by atoms with Crippen molar-refractivity contribution in [1.82, 2.24) is 20.0 Å². The van der Waals surface area contributed by atoms with Crippen LogP contribution in [0.4, 0.5) is 13.2 Å². The van der Waals surface area contributed by atoms with Gasteiger partial charge in [-0.15, -0.1) is 18.3 Å². The number of rotatable bonds is 4. The van der Waals surface area contributed by atoms with Crippen molar-refractivity contribution in [3.8, 4) is 5.75 Å². The summed E-state index contributed by atoms with van der Waals surface area (Å²) >= 11 is 0. The van der Waals surface area contributed by atoms with Crippen LogP contribution in [0.3, 0.4) is 0 Å². The molecule has 2 heterocycles. The fourth-order valence-electron chi connectivity index (χ4n) is 2.63. The lowest BCUT2D eigenvalue weighted by Gasteiger charge is -2.20. The van der Waals surface area contributed by atoms with E-state index in [0.29, 0.717) is 10.9 Å². The highest BCUT2D eigenvalue weighted by Gasteiger charge is 2.31. The first-order valence-electron chi connectivity index (χ1n) is 7.36. The summed E-state index contributed by atoms with van der Waals surface area (Å²) in [7, 11) is 0. The molecule has 3 aromatic rings. The zero-order valence-corrected chi connectivity index (χ0v) is 13.0. The maximum atomic E-state index is 12.3. The number of benzene rings is 1. The Hall–Kier alpha value is -2.64. The van der Waals surface area contributed by atoms with Crippen LogP contribution in [-0.2, 0) is 0 Å². The van der Waals surface area contributed by atoms with Crippen LogP contribution in [0.25, 0.3) is 10.9 Å². The summed E-state index contributed by atoms with van der Waals surface area (Å²) < 4.78 is 42.6. The molecule has 2 aromatic heterocycles. The molecule has 5 nitrogen and oxygen atoms in total. The van der Waals surface area contributed by atoms with Gasteiger partial charge in [-0.25, -0.2) is 4.68 Å². The van der Waals surface area contributed by atoms with Gasteiger partial charge in [-0.3, -0.25) is 4.98 Å². The third-order valence-corrected chi connectivity index (χ3v) is 3.58. The second-order valence-corrected chi connectivity index (χ2v) is 5.71. The molecular formula is C16H15F3N4O. The third kappa shape index (κ3) is 3.47. The van der Waals surface area contributed by atoms with Crippen LogP contribution in [0, 0.1) is 5.92 Å². The molecule has 0 amide bonds. The van der Waals surface area contributed by atoms with E-state index >= 15 is 0 Å². The Morgan fingerprint density at radius 1 is 1.12 bits per heavy atom. The average Bonchev–Trinajstić information content (AvgIpc) is 2.99. The first-order valence-corrected chi connectivity index (χ1v) is 7.36. The number of pyridine rings is 1. The standard InChI is InChI=1S/C16H15F3N4O/c1-10(2)15(23-8-7-20-22-23)14-5-3-11-9-12(24-16(17,18)19)4-6-13(11)21-14/h3-10,15H,1-2H3. The normalized spacial score (nSPS) is 13.4. The molecule has 0 saturated heterocycles. The number of alkyl halides is 3. The number of hydrogen-bond donors (Lipinski definition) is 0. The van der Waals surface area contributed by atoms with Gasteiger partial charge in [0, 0.05) is 11.6 Å². The monoisotopic (exact) mass is 336 g/mol. The van der Waals surface area contributed by atoms with Crippen molar-refractivity contribution in [2.75, 3.05) is 0 Å². The summed E-state index contributed by atoms with van der Waals surface area (Å²) in [6, 6.07) is 7.49. The molecule has 126 valence electrons. The van der Waals surface area contributed by atoms with Crippen molar-refractivity contribution >= 4 is 10.9 Å². The van der Waals surface area contributed by atoms with Crippen molar-refractivity contribution in [3.05, 3.63) is 48.4 Å². The summed E-state index contributed by atoms with van der Waals surface area (Å²) in [6.45, 7) is 4.08. The lowest BCUT2D eigenvalue weighted by molar-refractivity contribution is -0.274. The van der Waals surface area contributed by atoms with Gasteiger partial charge in [0.05, 0.1) is 23.4 Å². The number of nitrogens with zero attached hydrogens (tertiary/aromatic N) is 4. The van der Waals surface area contributed by atoms with Crippen LogP contribution in [0.15, 0.2) is 42.7 Å². The minimum Gasteiger partial charge on any atom is -0.406 e. The molecule has 1 atom stereocenters. The van der Waals surface area contributed by atoms with Crippen molar-refractivity contribution in [3.63, 3.8) is 0 Å². The second kappa shape index (κ2) is 6.10. The predicted molar refractivity (Wildman–Crippen MR) is 81.4 cm³/mol. The van der Waals surface area contributed by atoms with E-state index in [9.17, 15) is 13.2 Å². The number of ether oxygens (including phenoxy) is 1. The van der Waals surface area contributed by atoms with Crippen LogP contribution in [0.2, 0.25) is 0 Å². The quantitative estimate of drug-likeness (QED) is 0.723. The molecule has 1 aromatic carbocycles.